The summed E-state index contributed by atoms with van der Waals surface area (Å²) in [5.74, 6) is -1.55. The van der Waals surface area contributed by atoms with Gasteiger partial charge in [0.25, 0.3) is 0 Å². The van der Waals surface area contributed by atoms with Crippen LogP contribution in [0.3, 0.4) is 0 Å². The van der Waals surface area contributed by atoms with Crippen LogP contribution in [-0.4, -0.2) is 5.97 Å². The summed E-state index contributed by atoms with van der Waals surface area (Å²) in [6.07, 6.45) is 0. The Morgan fingerprint density at radius 3 is 2.24 bits per heavy atom. The first-order valence-corrected chi connectivity index (χ1v) is 9.18. The molecule has 1 aromatic heterocycles. The van der Waals surface area contributed by atoms with Crippen LogP contribution in [0.1, 0.15) is 10.4 Å². The number of benzene rings is 3. The standard InChI is InChI=1S/C22H11Cl2FO4/c23-14-5-1-12(2-6-14)20-21(29-22(27)13-3-8-16(25)9-4-13)19(26)17-11-15(24)7-10-18(17)28-20/h1-11H. The summed E-state index contributed by atoms with van der Waals surface area (Å²) in [5.41, 5.74) is 0.296. The molecule has 0 unspecified atom stereocenters. The van der Waals surface area contributed by atoms with Crippen molar-refractivity contribution in [3.8, 4) is 17.1 Å². The van der Waals surface area contributed by atoms with Crippen LogP contribution in [0.15, 0.2) is 75.9 Å². The fraction of sp³-hybridized carbons (Fsp3) is 0. The topological polar surface area (TPSA) is 56.5 Å². The van der Waals surface area contributed by atoms with Crippen molar-refractivity contribution >= 4 is 40.1 Å². The predicted octanol–water partition coefficient (Wildman–Crippen LogP) is 6.13. The Morgan fingerprint density at radius 1 is 0.897 bits per heavy atom. The van der Waals surface area contributed by atoms with Crippen LogP contribution < -0.4 is 10.2 Å². The van der Waals surface area contributed by atoms with E-state index in [9.17, 15) is 14.0 Å². The zero-order valence-corrected chi connectivity index (χ0v) is 16.1. The van der Waals surface area contributed by atoms with Gasteiger partial charge in [-0.3, -0.25) is 4.79 Å². The number of esters is 1. The lowest BCUT2D eigenvalue weighted by atomic mass is 10.1. The fourth-order valence-electron chi connectivity index (χ4n) is 2.77. The fourth-order valence-corrected chi connectivity index (χ4v) is 3.07. The van der Waals surface area contributed by atoms with Crippen molar-refractivity contribution in [2.75, 3.05) is 0 Å². The largest absolute Gasteiger partial charge is 0.452 e. The van der Waals surface area contributed by atoms with Crippen LogP contribution >= 0.6 is 23.2 Å². The van der Waals surface area contributed by atoms with Crippen LogP contribution in [0.4, 0.5) is 4.39 Å². The van der Waals surface area contributed by atoms with Gasteiger partial charge in [-0.1, -0.05) is 23.2 Å². The molecule has 0 atom stereocenters. The van der Waals surface area contributed by atoms with E-state index in [4.69, 9.17) is 32.4 Å². The highest BCUT2D eigenvalue weighted by atomic mass is 35.5. The highest BCUT2D eigenvalue weighted by Crippen LogP contribution is 2.32. The number of hydrogen-bond acceptors (Lipinski definition) is 4. The Morgan fingerprint density at radius 2 is 1.55 bits per heavy atom. The first-order chi connectivity index (χ1) is 13.9. The van der Waals surface area contributed by atoms with Gasteiger partial charge in [-0.2, -0.15) is 0 Å². The monoisotopic (exact) mass is 428 g/mol. The lowest BCUT2D eigenvalue weighted by Crippen LogP contribution is -2.16. The molecule has 0 saturated carbocycles. The molecule has 0 fully saturated rings. The van der Waals surface area contributed by atoms with E-state index in [1.807, 2.05) is 0 Å². The van der Waals surface area contributed by atoms with Gasteiger partial charge in [0.1, 0.15) is 11.4 Å². The molecule has 4 aromatic rings. The number of halogens is 3. The average molecular weight is 429 g/mol. The molecule has 0 amide bonds. The Kier molecular flexibility index (Phi) is 5.09. The lowest BCUT2D eigenvalue weighted by Gasteiger charge is -2.11. The highest BCUT2D eigenvalue weighted by Gasteiger charge is 2.21. The molecule has 1 heterocycles. The van der Waals surface area contributed by atoms with E-state index in [0.717, 1.165) is 12.1 Å². The Labute approximate surface area is 174 Å². The second kappa shape index (κ2) is 7.70. The van der Waals surface area contributed by atoms with Crippen molar-refractivity contribution in [2.45, 2.75) is 0 Å². The zero-order chi connectivity index (χ0) is 20.5. The van der Waals surface area contributed by atoms with Crippen LogP contribution in [0.2, 0.25) is 10.0 Å². The normalized spacial score (nSPS) is 10.9. The number of carbonyl (C=O) groups is 1. The van der Waals surface area contributed by atoms with Gasteiger partial charge in [0.15, 0.2) is 5.76 Å². The van der Waals surface area contributed by atoms with E-state index in [1.165, 1.54) is 18.2 Å². The molecule has 0 aliphatic rings. The quantitative estimate of drug-likeness (QED) is 0.368. The molecule has 4 rings (SSSR count). The molecule has 144 valence electrons. The third-order valence-electron chi connectivity index (χ3n) is 4.19. The van der Waals surface area contributed by atoms with Crippen LogP contribution in [0.25, 0.3) is 22.3 Å². The van der Waals surface area contributed by atoms with E-state index in [1.54, 1.807) is 36.4 Å². The lowest BCUT2D eigenvalue weighted by molar-refractivity contribution is 0.0731. The van der Waals surface area contributed by atoms with Gasteiger partial charge < -0.3 is 9.15 Å². The van der Waals surface area contributed by atoms with Gasteiger partial charge in [0.2, 0.25) is 11.2 Å². The smallest absolute Gasteiger partial charge is 0.343 e. The minimum Gasteiger partial charge on any atom is -0.452 e. The van der Waals surface area contributed by atoms with E-state index in [0.29, 0.717) is 15.6 Å². The molecule has 0 N–H and O–H groups in total. The molecule has 0 aliphatic carbocycles. The van der Waals surface area contributed by atoms with Gasteiger partial charge >= 0.3 is 5.97 Å². The molecule has 0 saturated heterocycles. The Balaban J connectivity index is 1.89. The van der Waals surface area contributed by atoms with E-state index >= 15 is 0 Å². The number of rotatable bonds is 3. The summed E-state index contributed by atoms with van der Waals surface area (Å²) in [5, 5.41) is 0.991. The molecular weight excluding hydrogens is 418 g/mol. The second-order valence-electron chi connectivity index (χ2n) is 6.13. The summed E-state index contributed by atoms with van der Waals surface area (Å²) >= 11 is 11.9. The molecular formula is C22H11Cl2FO4. The first kappa shape index (κ1) is 19.2. The van der Waals surface area contributed by atoms with E-state index < -0.39 is 17.2 Å². The van der Waals surface area contributed by atoms with Crippen molar-refractivity contribution in [3.63, 3.8) is 0 Å². The summed E-state index contributed by atoms with van der Waals surface area (Å²) < 4.78 is 24.4. The predicted molar refractivity (Wildman–Crippen MR) is 109 cm³/mol. The molecule has 4 nitrogen and oxygen atoms in total. The minimum absolute atomic E-state index is 0.0666. The number of carbonyl (C=O) groups excluding carboxylic acids is 1. The van der Waals surface area contributed by atoms with Gasteiger partial charge in [0, 0.05) is 15.6 Å². The molecule has 29 heavy (non-hydrogen) atoms. The molecule has 7 heteroatoms. The summed E-state index contributed by atoms with van der Waals surface area (Å²) in [4.78, 5) is 25.6. The Hall–Kier alpha value is -3.15. The third kappa shape index (κ3) is 3.88. The van der Waals surface area contributed by atoms with Gasteiger partial charge in [-0.15, -0.1) is 0 Å². The first-order valence-electron chi connectivity index (χ1n) is 8.42. The molecule has 3 aromatic carbocycles. The third-order valence-corrected chi connectivity index (χ3v) is 4.68. The summed E-state index contributed by atoms with van der Waals surface area (Å²) in [6, 6.07) is 15.9. The van der Waals surface area contributed by atoms with Gasteiger partial charge in [0.05, 0.1) is 10.9 Å². The van der Waals surface area contributed by atoms with Crippen molar-refractivity contribution in [1.82, 2.24) is 0 Å². The van der Waals surface area contributed by atoms with Crippen molar-refractivity contribution < 1.29 is 18.3 Å². The molecule has 0 radical (unpaired) electrons. The van der Waals surface area contributed by atoms with Crippen LogP contribution in [0.5, 0.6) is 5.75 Å². The van der Waals surface area contributed by atoms with Crippen molar-refractivity contribution in [2.24, 2.45) is 0 Å². The summed E-state index contributed by atoms with van der Waals surface area (Å²) in [6.45, 7) is 0. The zero-order valence-electron chi connectivity index (χ0n) is 14.6. The molecule has 0 spiro atoms. The van der Waals surface area contributed by atoms with Crippen molar-refractivity contribution in [3.05, 3.63) is 98.4 Å². The minimum atomic E-state index is -0.825. The van der Waals surface area contributed by atoms with E-state index in [2.05, 4.69) is 0 Å². The molecule has 0 bridgehead atoms. The number of hydrogen-bond donors (Lipinski definition) is 0. The maximum absolute atomic E-state index is 13.1. The second-order valence-corrected chi connectivity index (χ2v) is 7.01. The van der Waals surface area contributed by atoms with Gasteiger partial charge in [-0.25, -0.2) is 9.18 Å². The maximum Gasteiger partial charge on any atom is 0.343 e. The average Bonchev–Trinajstić information content (AvgIpc) is 2.71. The number of fused-ring (bicyclic) bond motifs is 1. The van der Waals surface area contributed by atoms with Crippen molar-refractivity contribution in [1.29, 1.82) is 0 Å². The summed E-state index contributed by atoms with van der Waals surface area (Å²) in [7, 11) is 0. The van der Waals surface area contributed by atoms with Gasteiger partial charge in [-0.05, 0) is 66.7 Å². The van der Waals surface area contributed by atoms with Crippen LogP contribution in [-0.2, 0) is 0 Å². The SMILES string of the molecule is O=C(Oc1c(-c2ccc(Cl)cc2)oc2ccc(Cl)cc2c1=O)c1ccc(F)cc1. The number of ether oxygens (including phenoxy) is 1. The van der Waals surface area contributed by atoms with Crippen LogP contribution in [0, 0.1) is 5.82 Å². The van der Waals surface area contributed by atoms with E-state index in [-0.39, 0.29) is 28.0 Å². The maximum atomic E-state index is 13.1. The Bertz CT molecular complexity index is 1280. The highest BCUT2D eigenvalue weighted by molar-refractivity contribution is 6.31. The molecule has 0 aliphatic heterocycles.